The molecule has 1 amide bonds. The molecule has 0 aliphatic rings. The van der Waals surface area contributed by atoms with E-state index in [0.29, 0.717) is 6.54 Å². The summed E-state index contributed by atoms with van der Waals surface area (Å²) in [6.45, 7) is 0.426. The van der Waals surface area contributed by atoms with E-state index in [4.69, 9.17) is 0 Å². The predicted molar refractivity (Wildman–Crippen MR) is 109 cm³/mol. The van der Waals surface area contributed by atoms with E-state index in [1.807, 2.05) is 43.3 Å². The molecular formula is C21H20FN3OS. The van der Waals surface area contributed by atoms with Gasteiger partial charge >= 0.3 is 0 Å². The van der Waals surface area contributed by atoms with Gasteiger partial charge in [0.1, 0.15) is 11.6 Å². The molecule has 2 aromatic heterocycles. The largest absolute Gasteiger partial charge is 0.363 e. The van der Waals surface area contributed by atoms with Gasteiger partial charge < -0.3 is 10.2 Å². The lowest BCUT2D eigenvalue weighted by atomic mass is 10.2. The van der Waals surface area contributed by atoms with Crippen molar-refractivity contribution in [1.82, 2.24) is 10.3 Å². The van der Waals surface area contributed by atoms with Crippen molar-refractivity contribution in [1.29, 1.82) is 0 Å². The molecule has 138 valence electrons. The van der Waals surface area contributed by atoms with E-state index in [1.54, 1.807) is 35.7 Å². The molecule has 0 saturated carbocycles. The molecule has 6 heteroatoms. The van der Waals surface area contributed by atoms with E-state index in [0.717, 1.165) is 26.7 Å². The molecule has 0 saturated heterocycles. The number of thiophene rings is 1. The number of carbonyl (C=O) groups excluding carboxylic acids is 1. The van der Waals surface area contributed by atoms with Gasteiger partial charge in [-0.05, 0) is 47.5 Å². The Kier molecular flexibility index (Phi) is 5.98. The number of amides is 1. The third-order valence-corrected chi connectivity index (χ3v) is 4.99. The SMILES string of the molecule is CN(C)c1ccc(CNC(=O)/C=C/c2ccc(-c3ccc(F)cc3)s2)cn1. The van der Waals surface area contributed by atoms with Crippen molar-refractivity contribution in [2.75, 3.05) is 19.0 Å². The first kappa shape index (κ1) is 18.8. The van der Waals surface area contributed by atoms with E-state index in [-0.39, 0.29) is 11.7 Å². The van der Waals surface area contributed by atoms with Gasteiger partial charge in [-0.15, -0.1) is 11.3 Å². The Morgan fingerprint density at radius 2 is 1.93 bits per heavy atom. The summed E-state index contributed by atoms with van der Waals surface area (Å²) in [6.07, 6.45) is 5.05. The van der Waals surface area contributed by atoms with Gasteiger partial charge in [0.15, 0.2) is 0 Å². The Balaban J connectivity index is 1.54. The van der Waals surface area contributed by atoms with Crippen LogP contribution in [0.15, 0.2) is 60.8 Å². The van der Waals surface area contributed by atoms with Crippen molar-refractivity contribution >= 4 is 29.1 Å². The molecule has 0 aliphatic heterocycles. The summed E-state index contributed by atoms with van der Waals surface area (Å²) in [5.41, 5.74) is 1.90. The fourth-order valence-electron chi connectivity index (χ4n) is 2.40. The van der Waals surface area contributed by atoms with Gasteiger partial charge in [-0.3, -0.25) is 4.79 Å². The van der Waals surface area contributed by atoms with Gasteiger partial charge in [0, 0.05) is 42.7 Å². The van der Waals surface area contributed by atoms with Crippen LogP contribution in [0.1, 0.15) is 10.4 Å². The minimum atomic E-state index is -0.251. The number of aromatic nitrogens is 1. The number of halogens is 1. The van der Waals surface area contributed by atoms with Gasteiger partial charge in [-0.2, -0.15) is 0 Å². The Morgan fingerprint density at radius 3 is 2.59 bits per heavy atom. The molecule has 4 nitrogen and oxygen atoms in total. The van der Waals surface area contributed by atoms with Crippen LogP contribution in [0.5, 0.6) is 0 Å². The monoisotopic (exact) mass is 381 g/mol. The highest BCUT2D eigenvalue weighted by molar-refractivity contribution is 7.16. The molecule has 27 heavy (non-hydrogen) atoms. The van der Waals surface area contributed by atoms with Crippen LogP contribution in [-0.4, -0.2) is 25.0 Å². The van der Waals surface area contributed by atoms with Crippen LogP contribution in [0.3, 0.4) is 0 Å². The fourth-order valence-corrected chi connectivity index (χ4v) is 3.32. The molecule has 3 rings (SSSR count). The molecule has 1 aromatic carbocycles. The number of anilines is 1. The lowest BCUT2D eigenvalue weighted by Crippen LogP contribution is -2.20. The summed E-state index contributed by atoms with van der Waals surface area (Å²) in [7, 11) is 3.86. The number of carbonyl (C=O) groups is 1. The normalized spacial score (nSPS) is 10.9. The number of pyridine rings is 1. The van der Waals surface area contributed by atoms with Crippen molar-refractivity contribution in [2.24, 2.45) is 0 Å². The average Bonchev–Trinajstić information content (AvgIpc) is 3.14. The van der Waals surface area contributed by atoms with Crippen LogP contribution in [0, 0.1) is 5.82 Å². The molecule has 2 heterocycles. The maximum Gasteiger partial charge on any atom is 0.244 e. The van der Waals surface area contributed by atoms with Crippen LogP contribution >= 0.6 is 11.3 Å². The second-order valence-electron chi connectivity index (χ2n) is 6.18. The van der Waals surface area contributed by atoms with E-state index >= 15 is 0 Å². The molecule has 0 aliphatic carbocycles. The number of nitrogens with zero attached hydrogens (tertiary/aromatic N) is 2. The van der Waals surface area contributed by atoms with Crippen LogP contribution in [0.4, 0.5) is 10.2 Å². The van der Waals surface area contributed by atoms with Crippen LogP contribution < -0.4 is 10.2 Å². The molecule has 0 radical (unpaired) electrons. The number of hydrogen-bond donors (Lipinski definition) is 1. The first-order valence-corrected chi connectivity index (χ1v) is 9.27. The van der Waals surface area contributed by atoms with E-state index < -0.39 is 0 Å². The van der Waals surface area contributed by atoms with Crippen molar-refractivity contribution in [3.8, 4) is 10.4 Å². The summed E-state index contributed by atoms with van der Waals surface area (Å²) < 4.78 is 13.0. The zero-order chi connectivity index (χ0) is 19.2. The predicted octanol–water partition coefficient (Wildman–Crippen LogP) is 4.34. The zero-order valence-electron chi connectivity index (χ0n) is 15.1. The third kappa shape index (κ3) is 5.24. The maximum absolute atomic E-state index is 13.0. The first-order valence-electron chi connectivity index (χ1n) is 8.45. The standard InChI is InChI=1S/C21H20FN3OS/c1-25(2)20-11-3-15(13-23-20)14-24-21(26)12-9-18-8-10-19(27-18)16-4-6-17(22)7-5-16/h3-13H,14H2,1-2H3,(H,24,26)/b12-9+. The van der Waals surface area contributed by atoms with Gasteiger partial charge in [0.05, 0.1) is 0 Å². The summed E-state index contributed by atoms with van der Waals surface area (Å²) in [6, 6.07) is 14.1. The topological polar surface area (TPSA) is 45.2 Å². The summed E-state index contributed by atoms with van der Waals surface area (Å²) >= 11 is 1.55. The first-order chi connectivity index (χ1) is 13.0. The van der Waals surface area contributed by atoms with Crippen LogP contribution in [0.25, 0.3) is 16.5 Å². The maximum atomic E-state index is 13.0. The quantitative estimate of drug-likeness (QED) is 0.646. The second-order valence-corrected chi connectivity index (χ2v) is 7.29. The molecule has 3 aromatic rings. The van der Waals surface area contributed by atoms with Crippen molar-refractivity contribution in [2.45, 2.75) is 6.54 Å². The summed E-state index contributed by atoms with van der Waals surface area (Å²) in [5.74, 6) is 0.460. The van der Waals surface area contributed by atoms with E-state index in [2.05, 4.69) is 10.3 Å². The molecule has 0 spiro atoms. The fraction of sp³-hybridized carbons (Fsp3) is 0.143. The second kappa shape index (κ2) is 8.60. The highest BCUT2D eigenvalue weighted by Gasteiger charge is 2.03. The Labute approximate surface area is 162 Å². The lowest BCUT2D eigenvalue weighted by Gasteiger charge is -2.11. The van der Waals surface area contributed by atoms with Gasteiger partial charge in [0.25, 0.3) is 0 Å². The molecular weight excluding hydrogens is 361 g/mol. The van der Waals surface area contributed by atoms with E-state index in [9.17, 15) is 9.18 Å². The van der Waals surface area contributed by atoms with Gasteiger partial charge in [-0.1, -0.05) is 18.2 Å². The van der Waals surface area contributed by atoms with E-state index in [1.165, 1.54) is 18.2 Å². The summed E-state index contributed by atoms with van der Waals surface area (Å²) in [4.78, 5) is 20.2. The number of rotatable bonds is 6. The molecule has 0 atom stereocenters. The molecule has 1 N–H and O–H groups in total. The van der Waals surface area contributed by atoms with Crippen molar-refractivity contribution in [3.63, 3.8) is 0 Å². The smallest absolute Gasteiger partial charge is 0.244 e. The van der Waals surface area contributed by atoms with Crippen molar-refractivity contribution < 1.29 is 9.18 Å². The number of nitrogens with one attached hydrogen (secondary N) is 1. The number of benzene rings is 1. The molecule has 0 unspecified atom stereocenters. The number of hydrogen-bond acceptors (Lipinski definition) is 4. The Hall–Kier alpha value is -2.99. The zero-order valence-corrected chi connectivity index (χ0v) is 16.0. The van der Waals surface area contributed by atoms with Crippen molar-refractivity contribution in [3.05, 3.63) is 77.1 Å². The summed E-state index contributed by atoms with van der Waals surface area (Å²) in [5, 5.41) is 2.85. The molecule has 0 fully saturated rings. The Bertz CT molecular complexity index is 931. The highest BCUT2D eigenvalue weighted by atomic mass is 32.1. The minimum Gasteiger partial charge on any atom is -0.363 e. The van der Waals surface area contributed by atoms with Gasteiger partial charge in [0.2, 0.25) is 5.91 Å². The van der Waals surface area contributed by atoms with Gasteiger partial charge in [-0.25, -0.2) is 9.37 Å². The average molecular weight is 381 g/mol. The lowest BCUT2D eigenvalue weighted by molar-refractivity contribution is -0.116. The molecule has 0 bridgehead atoms. The Morgan fingerprint density at radius 1 is 1.15 bits per heavy atom. The minimum absolute atomic E-state index is 0.164. The third-order valence-electron chi connectivity index (χ3n) is 3.89. The van der Waals surface area contributed by atoms with Crippen LogP contribution in [0.2, 0.25) is 0 Å². The highest BCUT2D eigenvalue weighted by Crippen LogP contribution is 2.28. The van der Waals surface area contributed by atoms with Crippen LogP contribution in [-0.2, 0) is 11.3 Å².